The molecule has 0 aliphatic carbocycles. The Kier molecular flexibility index (Phi) is 5.82. The van der Waals surface area contributed by atoms with E-state index in [-0.39, 0.29) is 23.6 Å². The Morgan fingerprint density at radius 3 is 2.94 bits per heavy atom. The van der Waals surface area contributed by atoms with Gasteiger partial charge >= 0.3 is 0 Å². The minimum atomic E-state index is -0.491. The molecule has 0 bridgehead atoms. The molecular weight excluding hydrogens is 257 g/mol. The summed E-state index contributed by atoms with van der Waals surface area (Å²) in [5.74, 6) is -0.758. The molecule has 5 heteroatoms. The number of carbonyl (C=O) groups is 1. The van der Waals surface area contributed by atoms with Crippen LogP contribution in [0.2, 0.25) is 5.02 Å². The predicted molar refractivity (Wildman–Crippen MR) is 69.8 cm³/mol. The summed E-state index contributed by atoms with van der Waals surface area (Å²) in [6.07, 6.45) is 3.39. The number of nitrogens with one attached hydrogen (secondary N) is 1. The smallest absolute Gasteiger partial charge is 0.244 e. The first-order chi connectivity index (χ1) is 8.52. The summed E-state index contributed by atoms with van der Waals surface area (Å²) in [5.41, 5.74) is 0.645. The van der Waals surface area contributed by atoms with Gasteiger partial charge in [-0.1, -0.05) is 17.7 Å². The van der Waals surface area contributed by atoms with E-state index in [1.165, 1.54) is 24.3 Å². The zero-order chi connectivity index (χ0) is 13.5. The molecule has 0 saturated carbocycles. The molecule has 1 amide bonds. The summed E-state index contributed by atoms with van der Waals surface area (Å²) >= 11 is 5.62. The molecule has 3 nitrogen and oxygen atoms in total. The highest BCUT2D eigenvalue weighted by molar-refractivity contribution is 6.30. The van der Waals surface area contributed by atoms with Crippen molar-refractivity contribution in [3.05, 3.63) is 40.7 Å². The number of carbonyl (C=O) groups excluding carboxylic acids is 1. The average molecular weight is 272 g/mol. The third-order valence-corrected chi connectivity index (χ3v) is 2.61. The number of halogens is 2. The molecule has 1 unspecified atom stereocenters. The first-order valence-electron chi connectivity index (χ1n) is 5.57. The third-order valence-electron chi connectivity index (χ3n) is 2.32. The number of hydrogen-bond donors (Lipinski definition) is 2. The van der Waals surface area contributed by atoms with E-state index >= 15 is 0 Å². The summed E-state index contributed by atoms with van der Waals surface area (Å²) in [7, 11) is 0. The van der Waals surface area contributed by atoms with E-state index in [1.807, 2.05) is 0 Å². The van der Waals surface area contributed by atoms with Gasteiger partial charge in [0.05, 0.1) is 5.02 Å². The van der Waals surface area contributed by atoms with Crippen LogP contribution in [0.1, 0.15) is 18.9 Å². The lowest BCUT2D eigenvalue weighted by atomic mass is 10.2. The highest BCUT2D eigenvalue weighted by Gasteiger charge is 2.03. The lowest BCUT2D eigenvalue weighted by Gasteiger charge is -2.09. The second kappa shape index (κ2) is 7.13. The van der Waals surface area contributed by atoms with Crippen molar-refractivity contribution in [2.75, 3.05) is 6.61 Å². The molecule has 0 spiro atoms. The molecule has 1 rings (SSSR count). The lowest BCUT2D eigenvalue weighted by molar-refractivity contribution is -0.117. The SMILES string of the molecule is CC(CCO)NC(=O)/C=C/c1ccc(F)c(Cl)c1. The minimum absolute atomic E-state index is 0.0196. The maximum absolute atomic E-state index is 12.9. The average Bonchev–Trinajstić information content (AvgIpc) is 2.31. The number of aliphatic hydroxyl groups excluding tert-OH is 1. The van der Waals surface area contributed by atoms with E-state index < -0.39 is 5.82 Å². The molecule has 1 aromatic carbocycles. The Morgan fingerprint density at radius 1 is 1.61 bits per heavy atom. The Morgan fingerprint density at radius 2 is 2.33 bits per heavy atom. The van der Waals surface area contributed by atoms with Crippen LogP contribution in [-0.2, 0) is 4.79 Å². The fourth-order valence-corrected chi connectivity index (χ4v) is 1.53. The molecule has 0 heterocycles. The largest absolute Gasteiger partial charge is 0.396 e. The summed E-state index contributed by atoms with van der Waals surface area (Å²) in [4.78, 5) is 11.5. The van der Waals surface area contributed by atoms with Crippen LogP contribution in [0.15, 0.2) is 24.3 Å². The first kappa shape index (κ1) is 14.7. The van der Waals surface area contributed by atoms with Gasteiger partial charge in [0, 0.05) is 18.7 Å². The fourth-order valence-electron chi connectivity index (χ4n) is 1.34. The number of aliphatic hydroxyl groups is 1. The highest BCUT2D eigenvalue weighted by Crippen LogP contribution is 2.16. The number of hydrogen-bond acceptors (Lipinski definition) is 2. The van der Waals surface area contributed by atoms with Crippen LogP contribution in [0, 0.1) is 5.82 Å². The van der Waals surface area contributed by atoms with Crippen LogP contribution >= 0.6 is 11.6 Å². The quantitative estimate of drug-likeness (QED) is 0.808. The molecule has 0 aromatic heterocycles. The molecule has 0 aliphatic rings. The van der Waals surface area contributed by atoms with Gasteiger partial charge in [0.15, 0.2) is 0 Å². The van der Waals surface area contributed by atoms with Crippen LogP contribution < -0.4 is 5.32 Å². The van der Waals surface area contributed by atoms with Crippen molar-refractivity contribution in [2.45, 2.75) is 19.4 Å². The zero-order valence-corrected chi connectivity index (χ0v) is 10.7. The Hall–Kier alpha value is -1.39. The standard InChI is InChI=1S/C13H15ClFNO2/c1-9(6-7-17)16-13(18)5-3-10-2-4-12(15)11(14)8-10/h2-5,8-9,17H,6-7H2,1H3,(H,16,18)/b5-3+. The Labute approximate surface area is 110 Å². The van der Waals surface area contributed by atoms with Crippen LogP contribution in [0.4, 0.5) is 4.39 Å². The van der Waals surface area contributed by atoms with Gasteiger partial charge in [-0.25, -0.2) is 4.39 Å². The van der Waals surface area contributed by atoms with Gasteiger partial charge in [-0.2, -0.15) is 0 Å². The maximum atomic E-state index is 12.9. The third kappa shape index (κ3) is 4.85. The van der Waals surface area contributed by atoms with Crippen molar-refractivity contribution >= 4 is 23.6 Å². The second-order valence-corrected chi connectivity index (χ2v) is 4.34. The molecule has 0 fully saturated rings. The topological polar surface area (TPSA) is 49.3 Å². The Balaban J connectivity index is 2.58. The van der Waals surface area contributed by atoms with E-state index in [1.54, 1.807) is 13.0 Å². The molecular formula is C13H15ClFNO2. The number of amides is 1. The van der Waals surface area contributed by atoms with Crippen LogP contribution in [-0.4, -0.2) is 23.7 Å². The number of benzene rings is 1. The molecule has 0 radical (unpaired) electrons. The van der Waals surface area contributed by atoms with Crippen molar-refractivity contribution < 1.29 is 14.3 Å². The van der Waals surface area contributed by atoms with E-state index in [0.29, 0.717) is 12.0 Å². The Bertz CT molecular complexity index is 449. The minimum Gasteiger partial charge on any atom is -0.396 e. The second-order valence-electron chi connectivity index (χ2n) is 3.93. The van der Waals surface area contributed by atoms with Crippen molar-refractivity contribution in [1.82, 2.24) is 5.32 Å². The van der Waals surface area contributed by atoms with Crippen LogP contribution in [0.3, 0.4) is 0 Å². The maximum Gasteiger partial charge on any atom is 0.244 e. The summed E-state index contributed by atoms with van der Waals surface area (Å²) < 4.78 is 12.9. The van der Waals surface area contributed by atoms with Gasteiger partial charge < -0.3 is 10.4 Å². The van der Waals surface area contributed by atoms with Gasteiger partial charge in [-0.15, -0.1) is 0 Å². The normalized spacial score (nSPS) is 12.7. The molecule has 2 N–H and O–H groups in total. The predicted octanol–water partition coefficient (Wildman–Crippen LogP) is 2.38. The summed E-state index contributed by atoms with van der Waals surface area (Å²) in [6, 6.07) is 4.12. The van der Waals surface area contributed by atoms with Crippen LogP contribution in [0.25, 0.3) is 6.08 Å². The summed E-state index contributed by atoms with van der Waals surface area (Å²) in [6.45, 7) is 1.83. The zero-order valence-electron chi connectivity index (χ0n) is 9.99. The van der Waals surface area contributed by atoms with Crippen molar-refractivity contribution in [1.29, 1.82) is 0 Å². The lowest BCUT2D eigenvalue weighted by Crippen LogP contribution is -2.31. The molecule has 1 atom stereocenters. The molecule has 98 valence electrons. The van der Waals surface area contributed by atoms with Gasteiger partial charge in [0.2, 0.25) is 5.91 Å². The highest BCUT2D eigenvalue weighted by atomic mass is 35.5. The van der Waals surface area contributed by atoms with E-state index in [2.05, 4.69) is 5.32 Å². The van der Waals surface area contributed by atoms with E-state index in [4.69, 9.17) is 16.7 Å². The molecule has 18 heavy (non-hydrogen) atoms. The molecule has 1 aromatic rings. The van der Waals surface area contributed by atoms with Crippen molar-refractivity contribution in [3.63, 3.8) is 0 Å². The molecule has 0 saturated heterocycles. The van der Waals surface area contributed by atoms with E-state index in [0.717, 1.165) is 0 Å². The van der Waals surface area contributed by atoms with Crippen molar-refractivity contribution in [2.24, 2.45) is 0 Å². The molecule has 0 aliphatic heterocycles. The van der Waals surface area contributed by atoms with E-state index in [9.17, 15) is 9.18 Å². The van der Waals surface area contributed by atoms with Gasteiger partial charge in [-0.3, -0.25) is 4.79 Å². The van der Waals surface area contributed by atoms with Gasteiger partial charge in [-0.05, 0) is 37.1 Å². The fraction of sp³-hybridized carbons (Fsp3) is 0.308. The van der Waals surface area contributed by atoms with Crippen molar-refractivity contribution in [3.8, 4) is 0 Å². The van der Waals surface area contributed by atoms with Gasteiger partial charge in [0.1, 0.15) is 5.82 Å². The van der Waals surface area contributed by atoms with Gasteiger partial charge in [0.25, 0.3) is 0 Å². The summed E-state index contributed by atoms with van der Waals surface area (Å²) in [5, 5.41) is 11.4. The monoisotopic (exact) mass is 271 g/mol. The first-order valence-corrected chi connectivity index (χ1v) is 5.95. The number of rotatable bonds is 5. The van der Waals surface area contributed by atoms with Crippen LogP contribution in [0.5, 0.6) is 0 Å².